The summed E-state index contributed by atoms with van der Waals surface area (Å²) in [4.78, 5) is 0. The van der Waals surface area contributed by atoms with E-state index in [9.17, 15) is 15.8 Å². The highest BCUT2D eigenvalue weighted by atomic mass is 15.0. The lowest BCUT2D eigenvalue weighted by Crippen LogP contribution is -1.98. The summed E-state index contributed by atoms with van der Waals surface area (Å²) in [5, 5.41) is 34.3. The van der Waals surface area contributed by atoms with Gasteiger partial charge in [0.15, 0.2) is 0 Å². The van der Waals surface area contributed by atoms with Crippen molar-refractivity contribution in [3.8, 4) is 51.8 Å². The largest absolute Gasteiger partial charge is 0.309 e. The maximum Gasteiger partial charge on any atom is 0.101 e. The van der Waals surface area contributed by atoms with Crippen molar-refractivity contribution in [2.45, 2.75) is 0 Å². The van der Waals surface area contributed by atoms with Gasteiger partial charge in [-0.25, -0.2) is 0 Å². The lowest BCUT2D eigenvalue weighted by molar-refractivity contribution is 1.17. The summed E-state index contributed by atoms with van der Waals surface area (Å²) in [5.74, 6) is 0. The molecule has 0 aliphatic heterocycles. The van der Waals surface area contributed by atoms with Crippen LogP contribution >= 0.6 is 0 Å². The molecule has 9 aromatic rings. The highest BCUT2D eigenvalue weighted by Gasteiger charge is 2.19. The van der Waals surface area contributed by atoms with Crippen LogP contribution in [-0.4, -0.2) is 9.13 Å². The fraction of sp³-hybridized carbons (Fsp3) is 0. The number of nitriles is 3. The number of benzene rings is 7. The average molecular weight is 636 g/mol. The molecule has 0 saturated carbocycles. The Morgan fingerprint density at radius 2 is 1.04 bits per heavy atom. The Morgan fingerprint density at radius 3 is 1.76 bits per heavy atom. The standard InChI is InChI=1S/C45H25N5/c46-26-29-16-23-44-40(24-29)39-12-7-8-32(27-47)45(39)49(44)34-20-17-30(18-21-34)31-19-22-35(33(25-31)28-48)36-9-1-4-13-41(36)50-42-14-5-2-10-37(42)38-11-3-6-15-43(38)50/h1-25H. The minimum atomic E-state index is 0.566. The van der Waals surface area contributed by atoms with Crippen molar-refractivity contribution in [1.82, 2.24) is 9.13 Å². The van der Waals surface area contributed by atoms with Crippen molar-refractivity contribution in [1.29, 1.82) is 15.8 Å². The molecule has 2 heterocycles. The molecule has 5 heteroatoms. The summed E-state index contributed by atoms with van der Waals surface area (Å²) >= 11 is 0. The van der Waals surface area contributed by atoms with Gasteiger partial charge >= 0.3 is 0 Å². The molecule has 0 radical (unpaired) electrons. The molecule has 0 atom stereocenters. The molecule has 0 spiro atoms. The summed E-state index contributed by atoms with van der Waals surface area (Å²) in [5.41, 5.74) is 11.4. The van der Waals surface area contributed by atoms with Crippen molar-refractivity contribution in [2.75, 3.05) is 0 Å². The van der Waals surface area contributed by atoms with Crippen LogP contribution in [-0.2, 0) is 0 Å². The van der Waals surface area contributed by atoms with E-state index in [1.807, 2.05) is 84.9 Å². The molecule has 0 aliphatic carbocycles. The second-order valence-electron chi connectivity index (χ2n) is 12.3. The molecule has 0 fully saturated rings. The Morgan fingerprint density at radius 1 is 0.400 bits per heavy atom. The van der Waals surface area contributed by atoms with Gasteiger partial charge in [0.2, 0.25) is 0 Å². The fourth-order valence-electron chi connectivity index (χ4n) is 7.43. The second kappa shape index (κ2) is 11.4. The quantitative estimate of drug-likeness (QED) is 0.193. The van der Waals surface area contributed by atoms with Crippen LogP contribution in [0.5, 0.6) is 0 Å². The third-order valence-electron chi connectivity index (χ3n) is 9.65. The van der Waals surface area contributed by atoms with Gasteiger partial charge in [-0.05, 0) is 71.8 Å². The highest BCUT2D eigenvalue weighted by Crippen LogP contribution is 2.39. The van der Waals surface area contributed by atoms with Crippen LogP contribution in [0.25, 0.3) is 77.2 Å². The average Bonchev–Trinajstić information content (AvgIpc) is 3.70. The van der Waals surface area contributed by atoms with Crippen LogP contribution in [0, 0.1) is 34.0 Å². The first kappa shape index (κ1) is 28.8. The topological polar surface area (TPSA) is 81.2 Å². The predicted molar refractivity (Wildman–Crippen MR) is 200 cm³/mol. The molecule has 0 saturated heterocycles. The minimum Gasteiger partial charge on any atom is -0.309 e. The number of para-hydroxylation sites is 4. The van der Waals surface area contributed by atoms with Gasteiger partial charge in [-0.2, -0.15) is 15.8 Å². The van der Waals surface area contributed by atoms with Crippen LogP contribution in [0.15, 0.2) is 152 Å². The first-order chi connectivity index (χ1) is 24.7. The monoisotopic (exact) mass is 635 g/mol. The molecule has 0 amide bonds. The van der Waals surface area contributed by atoms with E-state index in [-0.39, 0.29) is 0 Å². The number of fused-ring (bicyclic) bond motifs is 6. The summed E-state index contributed by atoms with van der Waals surface area (Å²) in [6.45, 7) is 0. The van der Waals surface area contributed by atoms with E-state index in [4.69, 9.17) is 0 Å². The molecular formula is C45H25N5. The van der Waals surface area contributed by atoms with E-state index < -0.39 is 0 Å². The van der Waals surface area contributed by atoms with E-state index in [0.29, 0.717) is 16.7 Å². The van der Waals surface area contributed by atoms with Crippen molar-refractivity contribution < 1.29 is 0 Å². The molecule has 5 nitrogen and oxygen atoms in total. The zero-order valence-corrected chi connectivity index (χ0v) is 26.7. The zero-order valence-electron chi connectivity index (χ0n) is 26.7. The van der Waals surface area contributed by atoms with Crippen LogP contribution in [0.1, 0.15) is 16.7 Å². The van der Waals surface area contributed by atoms with Gasteiger partial charge in [0.1, 0.15) is 6.07 Å². The normalized spacial score (nSPS) is 11.1. The molecule has 7 aromatic carbocycles. The van der Waals surface area contributed by atoms with Crippen molar-refractivity contribution in [3.63, 3.8) is 0 Å². The molecule has 0 aliphatic rings. The molecule has 0 unspecified atom stereocenters. The van der Waals surface area contributed by atoms with E-state index >= 15 is 0 Å². The molecule has 2 aromatic heterocycles. The van der Waals surface area contributed by atoms with Gasteiger partial charge < -0.3 is 9.13 Å². The summed E-state index contributed by atoms with van der Waals surface area (Å²) in [6, 6.07) is 57.8. The van der Waals surface area contributed by atoms with Crippen LogP contribution < -0.4 is 0 Å². The number of hydrogen-bond donors (Lipinski definition) is 0. The lowest BCUT2D eigenvalue weighted by Gasteiger charge is -2.16. The molecule has 0 bridgehead atoms. The Bertz CT molecular complexity index is 2900. The molecule has 50 heavy (non-hydrogen) atoms. The van der Waals surface area contributed by atoms with E-state index in [1.165, 1.54) is 10.8 Å². The Labute approximate surface area is 287 Å². The maximum atomic E-state index is 10.5. The Balaban J connectivity index is 1.15. The molecule has 9 rings (SSSR count). The molecule has 0 N–H and O–H groups in total. The van der Waals surface area contributed by atoms with Crippen molar-refractivity contribution >= 4 is 43.6 Å². The molecular weight excluding hydrogens is 611 g/mol. The van der Waals surface area contributed by atoms with Crippen LogP contribution in [0.3, 0.4) is 0 Å². The van der Waals surface area contributed by atoms with Gasteiger partial charge in [0.25, 0.3) is 0 Å². The highest BCUT2D eigenvalue weighted by molar-refractivity contribution is 6.12. The van der Waals surface area contributed by atoms with Crippen LogP contribution in [0.4, 0.5) is 0 Å². The number of hydrogen-bond acceptors (Lipinski definition) is 3. The third-order valence-corrected chi connectivity index (χ3v) is 9.65. The van der Waals surface area contributed by atoms with E-state index in [2.05, 4.69) is 94.1 Å². The SMILES string of the molecule is N#Cc1ccc2c(c1)c1cccc(C#N)c1n2-c1ccc(-c2ccc(-c3ccccc3-n3c4ccccc4c4ccccc43)c(C#N)c2)cc1. The van der Waals surface area contributed by atoms with Gasteiger partial charge in [0.05, 0.1) is 56.6 Å². The maximum absolute atomic E-state index is 10.5. The summed E-state index contributed by atoms with van der Waals surface area (Å²) in [6.07, 6.45) is 0. The van der Waals surface area contributed by atoms with Gasteiger partial charge in [-0.1, -0.05) is 91.0 Å². The lowest BCUT2D eigenvalue weighted by atomic mass is 9.94. The van der Waals surface area contributed by atoms with Gasteiger partial charge in [-0.3, -0.25) is 0 Å². The predicted octanol–water partition coefficient (Wildman–Crippen LogP) is 10.8. The second-order valence-corrected chi connectivity index (χ2v) is 12.3. The van der Waals surface area contributed by atoms with Crippen molar-refractivity contribution in [2.24, 2.45) is 0 Å². The Hall–Kier alpha value is -7.39. The van der Waals surface area contributed by atoms with Gasteiger partial charge in [0, 0.05) is 38.4 Å². The van der Waals surface area contributed by atoms with E-state index in [1.54, 1.807) is 0 Å². The van der Waals surface area contributed by atoms with Gasteiger partial charge in [-0.15, -0.1) is 0 Å². The zero-order chi connectivity index (χ0) is 33.8. The Kier molecular flexibility index (Phi) is 6.56. The first-order valence-corrected chi connectivity index (χ1v) is 16.3. The number of aromatic nitrogens is 2. The van der Waals surface area contributed by atoms with E-state index in [0.717, 1.165) is 66.5 Å². The first-order valence-electron chi connectivity index (χ1n) is 16.3. The third kappa shape index (κ3) is 4.31. The summed E-state index contributed by atoms with van der Waals surface area (Å²) < 4.78 is 4.38. The smallest absolute Gasteiger partial charge is 0.101 e. The van der Waals surface area contributed by atoms with Crippen molar-refractivity contribution in [3.05, 3.63) is 168 Å². The summed E-state index contributed by atoms with van der Waals surface area (Å²) in [7, 11) is 0. The minimum absolute atomic E-state index is 0.566. The van der Waals surface area contributed by atoms with Crippen LogP contribution in [0.2, 0.25) is 0 Å². The fourth-order valence-corrected chi connectivity index (χ4v) is 7.43. The molecule has 230 valence electrons. The number of nitrogens with zero attached hydrogens (tertiary/aromatic N) is 5. The number of rotatable bonds is 4.